The van der Waals surface area contributed by atoms with Crippen LogP contribution in [-0.4, -0.2) is 30.3 Å². The van der Waals surface area contributed by atoms with Gasteiger partial charge in [0.1, 0.15) is 0 Å². The average molecular weight is 555 g/mol. The Morgan fingerprint density at radius 3 is 1.10 bits per heavy atom. The maximum absolute atomic E-state index is 12.9. The quantitative estimate of drug-likeness (QED) is 0.0635. The van der Waals surface area contributed by atoms with Crippen LogP contribution in [-0.2, 0) is 28.6 Å². The lowest BCUT2D eigenvalue weighted by Gasteiger charge is -2.41. The van der Waals surface area contributed by atoms with E-state index in [0.717, 1.165) is 57.8 Å². The number of rotatable bonds is 25. The van der Waals surface area contributed by atoms with Gasteiger partial charge in [0.05, 0.1) is 0 Å². The van der Waals surface area contributed by atoms with Crippen LogP contribution in [0.3, 0.4) is 0 Å². The van der Waals surface area contributed by atoms with Crippen molar-refractivity contribution in [3.63, 3.8) is 0 Å². The summed E-state index contributed by atoms with van der Waals surface area (Å²) in [7, 11) is 0. The van der Waals surface area contributed by atoms with Crippen molar-refractivity contribution < 1.29 is 28.6 Å². The minimum Gasteiger partial charge on any atom is -0.457 e. The third-order valence-electron chi connectivity index (χ3n) is 7.33. The molecule has 0 aromatic rings. The van der Waals surface area contributed by atoms with E-state index in [1.807, 2.05) is 20.8 Å². The van der Waals surface area contributed by atoms with Gasteiger partial charge in [0.2, 0.25) is 0 Å². The van der Waals surface area contributed by atoms with Gasteiger partial charge in [-0.05, 0) is 19.3 Å². The Morgan fingerprint density at radius 1 is 0.462 bits per heavy atom. The normalized spacial score (nSPS) is 11.8. The van der Waals surface area contributed by atoms with Crippen LogP contribution in [0.2, 0.25) is 0 Å². The molecule has 0 fully saturated rings. The van der Waals surface area contributed by atoms with Gasteiger partial charge in [-0.25, -0.2) is 0 Å². The van der Waals surface area contributed by atoms with Gasteiger partial charge in [0.15, 0.2) is 6.61 Å². The predicted molar refractivity (Wildman–Crippen MR) is 159 cm³/mol. The molecule has 0 aliphatic heterocycles. The van der Waals surface area contributed by atoms with Crippen molar-refractivity contribution in [1.82, 2.24) is 0 Å². The fourth-order valence-electron chi connectivity index (χ4n) is 4.47. The van der Waals surface area contributed by atoms with E-state index in [4.69, 9.17) is 14.2 Å². The van der Waals surface area contributed by atoms with Crippen molar-refractivity contribution in [1.29, 1.82) is 0 Å². The summed E-state index contributed by atoms with van der Waals surface area (Å²) in [6.45, 7) is 11.8. The molecule has 230 valence electrons. The Kier molecular flexibility index (Phi) is 22.2. The molecule has 0 aromatic heterocycles. The van der Waals surface area contributed by atoms with E-state index in [2.05, 4.69) is 20.8 Å². The number of carbonyl (C=O) groups excluding carboxylic acids is 3. The fraction of sp³-hybridized carbons (Fsp3) is 0.909. The van der Waals surface area contributed by atoms with Gasteiger partial charge in [-0.15, -0.1) is 0 Å². The molecule has 0 aromatic carbocycles. The van der Waals surface area contributed by atoms with Crippen molar-refractivity contribution in [3.05, 3.63) is 0 Å². The largest absolute Gasteiger partial charge is 0.457 e. The van der Waals surface area contributed by atoms with E-state index >= 15 is 0 Å². The second kappa shape index (κ2) is 23.1. The smallest absolute Gasteiger partial charge is 0.309 e. The van der Waals surface area contributed by atoms with Crippen LogP contribution in [0.25, 0.3) is 0 Å². The Balaban J connectivity index is 5.17. The molecule has 0 saturated heterocycles. The van der Waals surface area contributed by atoms with E-state index in [1.165, 1.54) is 57.8 Å². The minimum atomic E-state index is -1.65. The summed E-state index contributed by atoms with van der Waals surface area (Å²) in [5.74, 6) is -2.83. The number of hydrogen-bond acceptors (Lipinski definition) is 6. The number of hydrogen-bond donors (Lipinski definition) is 0. The van der Waals surface area contributed by atoms with Crippen LogP contribution in [0.1, 0.15) is 176 Å². The van der Waals surface area contributed by atoms with E-state index in [9.17, 15) is 14.4 Å². The summed E-state index contributed by atoms with van der Waals surface area (Å²) < 4.78 is 17.5. The van der Waals surface area contributed by atoms with Crippen LogP contribution in [0.15, 0.2) is 0 Å². The molecule has 0 radical (unpaired) electrons. The maximum Gasteiger partial charge on any atom is 0.309 e. The van der Waals surface area contributed by atoms with Crippen molar-refractivity contribution >= 4 is 17.9 Å². The molecule has 0 amide bonds. The summed E-state index contributed by atoms with van der Waals surface area (Å²) in [6.07, 6.45) is 19.9. The fourth-order valence-corrected chi connectivity index (χ4v) is 4.47. The molecule has 6 heteroatoms. The lowest BCUT2D eigenvalue weighted by Crippen LogP contribution is -2.54. The first kappa shape index (κ1) is 37.4. The lowest BCUT2D eigenvalue weighted by atomic mass is 9.85. The second-order valence-corrected chi connectivity index (χ2v) is 12.2. The van der Waals surface area contributed by atoms with Crippen molar-refractivity contribution in [2.75, 3.05) is 6.61 Å². The van der Waals surface area contributed by atoms with Gasteiger partial charge in [0, 0.05) is 24.7 Å². The minimum absolute atomic E-state index is 0.255. The Hall–Kier alpha value is -1.59. The van der Waals surface area contributed by atoms with Crippen LogP contribution < -0.4 is 0 Å². The van der Waals surface area contributed by atoms with E-state index in [1.54, 1.807) is 0 Å². The Labute approximate surface area is 240 Å². The van der Waals surface area contributed by atoms with Gasteiger partial charge >= 0.3 is 17.9 Å². The zero-order valence-corrected chi connectivity index (χ0v) is 26.5. The highest BCUT2D eigenvalue weighted by Gasteiger charge is 2.51. The monoisotopic (exact) mass is 554 g/mol. The number of esters is 3. The molecular weight excluding hydrogens is 492 g/mol. The summed E-state index contributed by atoms with van der Waals surface area (Å²) >= 11 is 0. The second-order valence-electron chi connectivity index (χ2n) is 12.2. The van der Waals surface area contributed by atoms with Crippen LogP contribution in [0.4, 0.5) is 0 Å². The first-order valence-electron chi connectivity index (χ1n) is 16.2. The Bertz CT molecular complexity index is 607. The highest BCUT2D eigenvalue weighted by atomic mass is 16.8. The third-order valence-corrected chi connectivity index (χ3v) is 7.33. The first-order valence-corrected chi connectivity index (χ1v) is 16.2. The molecule has 0 atom stereocenters. The molecule has 0 heterocycles. The van der Waals surface area contributed by atoms with Gasteiger partial charge in [-0.2, -0.15) is 0 Å². The third kappa shape index (κ3) is 19.2. The standard InChI is InChI=1S/C33H62O6/c1-7-10-13-16-19-22-25-29(34)37-28-33(32(4,5)6,38-30(35)26-23-20-17-14-11-8-2)39-31(36)27-24-21-18-15-12-9-3/h7-28H2,1-6H3. The molecule has 0 spiro atoms. The van der Waals surface area contributed by atoms with Gasteiger partial charge < -0.3 is 14.2 Å². The molecule has 0 unspecified atom stereocenters. The Morgan fingerprint density at radius 2 is 0.769 bits per heavy atom. The maximum atomic E-state index is 12.9. The number of carbonyl (C=O) groups is 3. The molecule has 0 N–H and O–H groups in total. The van der Waals surface area contributed by atoms with Crippen LogP contribution >= 0.6 is 0 Å². The molecule has 0 aliphatic carbocycles. The average Bonchev–Trinajstić information content (AvgIpc) is 2.88. The van der Waals surface area contributed by atoms with Crippen molar-refractivity contribution in [2.24, 2.45) is 5.41 Å². The van der Waals surface area contributed by atoms with E-state index in [-0.39, 0.29) is 25.4 Å². The summed E-state index contributed by atoms with van der Waals surface area (Å²) in [5, 5.41) is 0. The zero-order valence-electron chi connectivity index (χ0n) is 26.5. The summed E-state index contributed by atoms with van der Waals surface area (Å²) in [4.78, 5) is 38.4. The molecule has 39 heavy (non-hydrogen) atoms. The SMILES string of the molecule is CCCCCCCCC(=O)OCC(OC(=O)CCCCCCCC)(OC(=O)CCCCCCCC)C(C)(C)C. The highest BCUT2D eigenvalue weighted by molar-refractivity contribution is 5.73. The van der Waals surface area contributed by atoms with E-state index < -0.39 is 23.1 Å². The topological polar surface area (TPSA) is 78.9 Å². The zero-order chi connectivity index (χ0) is 29.4. The van der Waals surface area contributed by atoms with Crippen LogP contribution in [0.5, 0.6) is 0 Å². The molecule has 0 bridgehead atoms. The van der Waals surface area contributed by atoms with E-state index in [0.29, 0.717) is 6.42 Å². The molecule has 0 aliphatic rings. The van der Waals surface area contributed by atoms with Gasteiger partial charge in [-0.1, -0.05) is 138 Å². The molecule has 6 nitrogen and oxygen atoms in total. The first-order chi connectivity index (χ1) is 18.6. The summed E-state index contributed by atoms with van der Waals surface area (Å²) in [5.41, 5.74) is -0.777. The molecule has 0 rings (SSSR count). The molecule has 0 saturated carbocycles. The van der Waals surface area contributed by atoms with Crippen molar-refractivity contribution in [2.45, 2.75) is 182 Å². The predicted octanol–water partition coefficient (Wildman–Crippen LogP) is 9.61. The van der Waals surface area contributed by atoms with Gasteiger partial charge in [0.25, 0.3) is 5.79 Å². The number of ether oxygens (including phenoxy) is 3. The highest BCUT2D eigenvalue weighted by Crippen LogP contribution is 2.37. The van der Waals surface area contributed by atoms with Gasteiger partial charge in [-0.3, -0.25) is 14.4 Å². The summed E-state index contributed by atoms with van der Waals surface area (Å²) in [6, 6.07) is 0. The number of unbranched alkanes of at least 4 members (excludes halogenated alkanes) is 15. The van der Waals surface area contributed by atoms with Crippen molar-refractivity contribution in [3.8, 4) is 0 Å². The molecular formula is C33H62O6. The van der Waals surface area contributed by atoms with Crippen LogP contribution in [0, 0.1) is 5.41 Å². The lowest BCUT2D eigenvalue weighted by molar-refractivity contribution is -0.280.